The van der Waals surface area contributed by atoms with Crippen LogP contribution in [0.25, 0.3) is 106 Å². The van der Waals surface area contributed by atoms with Gasteiger partial charge in [0.2, 0.25) is 0 Å². The third-order valence-electron chi connectivity index (χ3n) is 10.9. The summed E-state index contributed by atoms with van der Waals surface area (Å²) in [6, 6.07) is 70.9. The van der Waals surface area contributed by atoms with E-state index in [1.54, 1.807) is 4.80 Å². The first-order valence-electron chi connectivity index (χ1n) is 19.7. The van der Waals surface area contributed by atoms with Crippen LogP contribution in [0.1, 0.15) is 0 Å². The minimum Gasteiger partial charge on any atom is -0.247 e. The van der Waals surface area contributed by atoms with Gasteiger partial charge in [0.15, 0.2) is 5.82 Å². The van der Waals surface area contributed by atoms with Gasteiger partial charge < -0.3 is 0 Å². The van der Waals surface area contributed by atoms with E-state index in [4.69, 9.17) is 25.1 Å². The van der Waals surface area contributed by atoms with Crippen molar-refractivity contribution >= 4 is 32.7 Å². The molecule has 0 bridgehead atoms. The molecule has 59 heavy (non-hydrogen) atoms. The first-order chi connectivity index (χ1) is 29.2. The van der Waals surface area contributed by atoms with Crippen LogP contribution < -0.4 is 0 Å². The lowest BCUT2D eigenvalue weighted by molar-refractivity contribution is 0.766. The van der Waals surface area contributed by atoms with E-state index in [-0.39, 0.29) is 0 Å². The average molecular weight is 755 g/mol. The van der Waals surface area contributed by atoms with Crippen molar-refractivity contribution in [2.24, 2.45) is 0 Å². The smallest absolute Gasteiger partial charge is 0.160 e. The number of aromatic nitrogens is 6. The summed E-state index contributed by atoms with van der Waals surface area (Å²) in [5, 5.41) is 13.4. The van der Waals surface area contributed by atoms with E-state index in [0.717, 1.165) is 100.0 Å². The van der Waals surface area contributed by atoms with Gasteiger partial charge in [-0.3, -0.25) is 0 Å². The number of fused-ring (bicyclic) bond motifs is 5. The molecule has 3 heterocycles. The van der Waals surface area contributed by atoms with Crippen LogP contribution in [-0.2, 0) is 0 Å². The fraction of sp³-hybridized carbons (Fsp3) is 0. The molecule has 0 atom stereocenters. The summed E-state index contributed by atoms with van der Waals surface area (Å²) in [7, 11) is 0. The highest BCUT2D eigenvalue weighted by molar-refractivity contribution is 6.23. The number of para-hydroxylation sites is 1. The van der Waals surface area contributed by atoms with Gasteiger partial charge in [-0.05, 0) is 47.0 Å². The Morgan fingerprint density at radius 2 is 0.847 bits per heavy atom. The molecule has 0 radical (unpaired) electrons. The summed E-state index contributed by atoms with van der Waals surface area (Å²) in [4.78, 5) is 17.2. The number of nitrogens with zero attached hydrogens (tertiary/aromatic N) is 6. The highest BCUT2D eigenvalue weighted by atomic mass is 15.5. The summed E-state index contributed by atoms with van der Waals surface area (Å²) in [5.74, 6) is 0.696. The summed E-state index contributed by atoms with van der Waals surface area (Å²) in [6.07, 6.45) is 0. The Morgan fingerprint density at radius 3 is 1.49 bits per heavy atom. The summed E-state index contributed by atoms with van der Waals surface area (Å²) < 4.78 is 0. The van der Waals surface area contributed by atoms with Crippen LogP contribution in [0.5, 0.6) is 0 Å². The number of hydrogen-bond donors (Lipinski definition) is 0. The molecule has 0 fully saturated rings. The maximum absolute atomic E-state index is 5.44. The predicted molar refractivity (Wildman–Crippen MR) is 240 cm³/mol. The second-order valence-electron chi connectivity index (χ2n) is 14.6. The number of rotatable bonds is 7. The predicted octanol–water partition coefficient (Wildman–Crippen LogP) is 12.9. The molecular formula is C53H34N6. The first-order valence-corrected chi connectivity index (χ1v) is 19.7. The van der Waals surface area contributed by atoms with Crippen molar-refractivity contribution in [2.75, 3.05) is 0 Å². The maximum atomic E-state index is 5.44. The van der Waals surface area contributed by atoms with Crippen LogP contribution in [0, 0.1) is 0 Å². The van der Waals surface area contributed by atoms with E-state index < -0.39 is 0 Å². The lowest BCUT2D eigenvalue weighted by atomic mass is 9.93. The molecule has 11 aromatic rings. The standard InChI is InChI=1S/C53H34N6/c1-6-16-36(17-7-1)44-33-45-49(52-51(44)57-59(58-52)42-24-14-5-15-25-42)43-31-30-41(32-48(43)54-50(45)39-20-10-3-11-21-39)35-26-28-38(29-27-35)47-34-46(37-18-8-2-9-19-37)55-53(56-47)40-22-12-4-13-23-40/h1-34H. The van der Waals surface area contributed by atoms with Crippen LogP contribution in [0.15, 0.2) is 206 Å². The number of pyridine rings is 1. The van der Waals surface area contributed by atoms with Crippen molar-refractivity contribution in [2.45, 2.75) is 0 Å². The molecular weight excluding hydrogens is 721 g/mol. The Balaban J connectivity index is 1.07. The number of benzene rings is 8. The van der Waals surface area contributed by atoms with Gasteiger partial charge in [0.25, 0.3) is 0 Å². The molecule has 0 saturated carbocycles. The fourth-order valence-electron chi connectivity index (χ4n) is 7.96. The molecule has 0 aliphatic rings. The summed E-state index contributed by atoms with van der Waals surface area (Å²) >= 11 is 0. The van der Waals surface area contributed by atoms with Gasteiger partial charge in [-0.1, -0.05) is 176 Å². The Morgan fingerprint density at radius 1 is 0.339 bits per heavy atom. The van der Waals surface area contributed by atoms with Crippen LogP contribution in [0.4, 0.5) is 0 Å². The van der Waals surface area contributed by atoms with Crippen LogP contribution in [0.3, 0.4) is 0 Å². The van der Waals surface area contributed by atoms with Crippen molar-refractivity contribution in [1.29, 1.82) is 0 Å². The van der Waals surface area contributed by atoms with E-state index >= 15 is 0 Å². The van der Waals surface area contributed by atoms with Crippen molar-refractivity contribution in [3.05, 3.63) is 206 Å². The Hall–Kier alpha value is -8.09. The van der Waals surface area contributed by atoms with Crippen molar-refractivity contribution in [3.8, 4) is 73.1 Å². The molecule has 6 heteroatoms. The zero-order valence-corrected chi connectivity index (χ0v) is 31.8. The fourth-order valence-corrected chi connectivity index (χ4v) is 7.96. The zero-order chi connectivity index (χ0) is 39.1. The van der Waals surface area contributed by atoms with Crippen molar-refractivity contribution in [3.63, 3.8) is 0 Å². The number of hydrogen-bond acceptors (Lipinski definition) is 5. The Labute approximate surface area is 340 Å². The molecule has 8 aromatic carbocycles. The molecule has 0 aliphatic heterocycles. The molecule has 0 spiro atoms. The van der Waals surface area contributed by atoms with Crippen LogP contribution in [-0.4, -0.2) is 29.9 Å². The van der Waals surface area contributed by atoms with Gasteiger partial charge in [-0.2, -0.15) is 4.80 Å². The van der Waals surface area contributed by atoms with E-state index in [9.17, 15) is 0 Å². The van der Waals surface area contributed by atoms with Crippen LogP contribution in [0.2, 0.25) is 0 Å². The second-order valence-corrected chi connectivity index (χ2v) is 14.6. The molecule has 0 N–H and O–H groups in total. The van der Waals surface area contributed by atoms with Crippen molar-refractivity contribution in [1.82, 2.24) is 29.9 Å². The minimum absolute atomic E-state index is 0.696. The SMILES string of the molecule is c1ccc(-c2cc(-c3ccc(-c4ccc5c(c4)nc(-c4ccccc4)c4cc(-c6ccccc6)c6nn(-c7ccccc7)nc6c45)cc3)nc(-c3ccccc3)n2)cc1. The third kappa shape index (κ3) is 6.29. The normalized spacial score (nSPS) is 11.4. The second kappa shape index (κ2) is 14.4. The quantitative estimate of drug-likeness (QED) is 0.152. The first kappa shape index (κ1) is 34.2. The van der Waals surface area contributed by atoms with Gasteiger partial charge in [-0.25, -0.2) is 15.0 Å². The topological polar surface area (TPSA) is 69.4 Å². The van der Waals surface area contributed by atoms with Gasteiger partial charge >= 0.3 is 0 Å². The molecule has 276 valence electrons. The lowest BCUT2D eigenvalue weighted by Gasteiger charge is -2.14. The summed E-state index contributed by atoms with van der Waals surface area (Å²) in [6.45, 7) is 0. The molecule has 11 rings (SSSR count). The van der Waals surface area contributed by atoms with E-state index in [1.807, 2.05) is 78.9 Å². The Kier molecular flexibility index (Phi) is 8.37. The molecule has 6 nitrogen and oxygen atoms in total. The van der Waals surface area contributed by atoms with Crippen LogP contribution >= 0.6 is 0 Å². The van der Waals surface area contributed by atoms with Gasteiger partial charge in [0.05, 0.1) is 28.3 Å². The van der Waals surface area contributed by atoms with Gasteiger partial charge in [-0.15, -0.1) is 10.2 Å². The minimum atomic E-state index is 0.696. The molecule has 0 aliphatic carbocycles. The lowest BCUT2D eigenvalue weighted by Crippen LogP contribution is -1.97. The van der Waals surface area contributed by atoms with Crippen molar-refractivity contribution < 1.29 is 0 Å². The monoisotopic (exact) mass is 754 g/mol. The Bertz CT molecular complexity index is 3220. The van der Waals surface area contributed by atoms with Gasteiger partial charge in [0.1, 0.15) is 11.0 Å². The largest absolute Gasteiger partial charge is 0.247 e. The molecule has 3 aromatic heterocycles. The zero-order valence-electron chi connectivity index (χ0n) is 31.8. The third-order valence-corrected chi connectivity index (χ3v) is 10.9. The van der Waals surface area contributed by atoms with E-state index in [2.05, 4.69) is 127 Å². The van der Waals surface area contributed by atoms with E-state index in [1.165, 1.54) is 0 Å². The summed E-state index contributed by atoms with van der Waals surface area (Å²) in [5.41, 5.74) is 14.4. The molecule has 0 amide bonds. The highest BCUT2D eigenvalue weighted by Crippen LogP contribution is 2.41. The maximum Gasteiger partial charge on any atom is 0.160 e. The molecule has 0 saturated heterocycles. The van der Waals surface area contributed by atoms with E-state index in [0.29, 0.717) is 5.82 Å². The van der Waals surface area contributed by atoms with Gasteiger partial charge in [0, 0.05) is 44.0 Å². The highest BCUT2D eigenvalue weighted by Gasteiger charge is 2.21. The average Bonchev–Trinajstić information content (AvgIpc) is 3.78. The molecule has 0 unspecified atom stereocenters.